The number of rotatable bonds is 5. The Hall–Kier alpha value is -2.89. The zero-order valence-electron chi connectivity index (χ0n) is 14.5. The Kier molecular flexibility index (Phi) is 6.11. The van der Waals surface area contributed by atoms with Crippen molar-refractivity contribution in [1.82, 2.24) is 15.5 Å². The van der Waals surface area contributed by atoms with E-state index < -0.39 is 18.1 Å². The number of carbonyl (C=O) groups excluding carboxylic acids is 2. The minimum Gasteiger partial charge on any atom is -0.347 e. The molecule has 6 heteroatoms. The molecule has 0 aliphatic rings. The van der Waals surface area contributed by atoms with Crippen molar-refractivity contribution in [3.05, 3.63) is 71.5 Å². The van der Waals surface area contributed by atoms with Crippen molar-refractivity contribution in [2.45, 2.75) is 19.0 Å². The summed E-state index contributed by atoms with van der Waals surface area (Å²) < 4.78 is 13.6. The molecule has 2 aromatic carbocycles. The van der Waals surface area contributed by atoms with Gasteiger partial charge in [-0.05, 0) is 30.2 Å². The average molecular weight is 343 g/mol. The number of nitrogens with zero attached hydrogens (tertiary/aromatic N) is 1. The molecule has 0 saturated carbocycles. The molecule has 132 valence electrons. The van der Waals surface area contributed by atoms with Crippen molar-refractivity contribution in [2.24, 2.45) is 0 Å². The van der Waals surface area contributed by atoms with Crippen LogP contribution in [-0.2, 0) is 4.79 Å². The number of benzene rings is 2. The zero-order valence-corrected chi connectivity index (χ0v) is 14.5. The van der Waals surface area contributed by atoms with Crippen LogP contribution in [0, 0.1) is 5.82 Å². The first-order valence-corrected chi connectivity index (χ1v) is 7.97. The lowest BCUT2D eigenvalue weighted by Crippen LogP contribution is -2.48. The zero-order chi connectivity index (χ0) is 18.4. The maximum absolute atomic E-state index is 13.6. The van der Waals surface area contributed by atoms with Crippen LogP contribution in [0.4, 0.5) is 9.18 Å². The van der Waals surface area contributed by atoms with Gasteiger partial charge in [0.05, 0.1) is 6.04 Å². The number of hydrogen-bond acceptors (Lipinski definition) is 2. The quantitative estimate of drug-likeness (QED) is 0.877. The van der Waals surface area contributed by atoms with E-state index >= 15 is 0 Å². The first-order valence-electron chi connectivity index (χ1n) is 7.97. The van der Waals surface area contributed by atoms with Crippen molar-refractivity contribution in [1.29, 1.82) is 0 Å². The molecule has 0 bridgehead atoms. The van der Waals surface area contributed by atoms with Crippen molar-refractivity contribution in [3.63, 3.8) is 0 Å². The van der Waals surface area contributed by atoms with Gasteiger partial charge in [-0.1, -0.05) is 42.5 Å². The van der Waals surface area contributed by atoms with Crippen LogP contribution in [0.25, 0.3) is 0 Å². The number of urea groups is 1. The second-order valence-electron chi connectivity index (χ2n) is 5.97. The Bertz CT molecular complexity index is 734. The standard InChI is InChI=1S/C19H22FN3O2/c1-13(18(24)23(2)3)21-19(25)22-17(14-8-5-4-6-9-14)15-10-7-11-16(20)12-15/h4-13,17H,1-3H3,(H2,21,22,25)/t13-,17+/m1/s1. The third-order valence-corrected chi connectivity index (χ3v) is 3.75. The van der Waals surface area contributed by atoms with Gasteiger partial charge < -0.3 is 15.5 Å². The summed E-state index contributed by atoms with van der Waals surface area (Å²) in [5.41, 5.74) is 1.43. The first-order chi connectivity index (χ1) is 11.9. The van der Waals surface area contributed by atoms with E-state index in [9.17, 15) is 14.0 Å². The molecule has 2 atom stereocenters. The lowest BCUT2D eigenvalue weighted by atomic mass is 9.99. The molecule has 0 unspecified atom stereocenters. The third-order valence-electron chi connectivity index (χ3n) is 3.75. The number of hydrogen-bond donors (Lipinski definition) is 2. The van der Waals surface area contributed by atoms with E-state index in [-0.39, 0.29) is 11.7 Å². The van der Waals surface area contributed by atoms with Gasteiger partial charge in [0.15, 0.2) is 0 Å². The predicted octanol–water partition coefficient (Wildman–Crippen LogP) is 2.69. The highest BCUT2D eigenvalue weighted by Gasteiger charge is 2.21. The summed E-state index contributed by atoms with van der Waals surface area (Å²) in [6.45, 7) is 1.61. The maximum Gasteiger partial charge on any atom is 0.316 e. The fourth-order valence-corrected chi connectivity index (χ4v) is 2.51. The summed E-state index contributed by atoms with van der Waals surface area (Å²) in [5, 5.41) is 5.42. The number of halogens is 1. The summed E-state index contributed by atoms with van der Waals surface area (Å²) in [6.07, 6.45) is 0. The summed E-state index contributed by atoms with van der Waals surface area (Å²) in [5.74, 6) is -0.589. The monoisotopic (exact) mass is 343 g/mol. The molecule has 0 spiro atoms. The summed E-state index contributed by atoms with van der Waals surface area (Å²) in [6, 6.07) is 13.6. The van der Waals surface area contributed by atoms with E-state index in [4.69, 9.17) is 0 Å². The number of amides is 3. The van der Waals surface area contributed by atoms with E-state index in [0.29, 0.717) is 5.56 Å². The first kappa shape index (κ1) is 18.4. The second-order valence-corrected chi connectivity index (χ2v) is 5.97. The lowest BCUT2D eigenvalue weighted by Gasteiger charge is -2.23. The number of carbonyl (C=O) groups is 2. The van der Waals surface area contributed by atoms with E-state index in [1.807, 2.05) is 30.3 Å². The molecular weight excluding hydrogens is 321 g/mol. The highest BCUT2D eigenvalue weighted by Crippen LogP contribution is 2.22. The van der Waals surface area contributed by atoms with Crippen LogP contribution in [0.2, 0.25) is 0 Å². The molecule has 5 nitrogen and oxygen atoms in total. The maximum atomic E-state index is 13.6. The topological polar surface area (TPSA) is 61.4 Å². The van der Waals surface area contributed by atoms with Crippen molar-refractivity contribution >= 4 is 11.9 Å². The molecule has 2 rings (SSSR count). The Labute approximate surface area is 146 Å². The minimum atomic E-state index is -0.668. The lowest BCUT2D eigenvalue weighted by molar-refractivity contribution is -0.130. The highest BCUT2D eigenvalue weighted by molar-refractivity contribution is 5.86. The molecule has 0 aromatic heterocycles. The Morgan fingerprint density at radius 1 is 0.960 bits per heavy atom. The Balaban J connectivity index is 2.20. The second kappa shape index (κ2) is 8.28. The molecule has 0 radical (unpaired) electrons. The van der Waals surface area contributed by atoms with Crippen molar-refractivity contribution < 1.29 is 14.0 Å². The van der Waals surface area contributed by atoms with E-state index in [1.54, 1.807) is 33.2 Å². The van der Waals surface area contributed by atoms with Gasteiger partial charge >= 0.3 is 6.03 Å². The van der Waals surface area contributed by atoms with Crippen LogP contribution in [-0.4, -0.2) is 37.0 Å². The highest BCUT2D eigenvalue weighted by atomic mass is 19.1. The smallest absolute Gasteiger partial charge is 0.316 e. The summed E-state index contributed by atoms with van der Waals surface area (Å²) >= 11 is 0. The minimum absolute atomic E-state index is 0.211. The predicted molar refractivity (Wildman–Crippen MR) is 94.5 cm³/mol. The van der Waals surface area contributed by atoms with Gasteiger partial charge in [0.2, 0.25) is 5.91 Å². The van der Waals surface area contributed by atoms with Crippen molar-refractivity contribution in [2.75, 3.05) is 14.1 Å². The fourth-order valence-electron chi connectivity index (χ4n) is 2.51. The molecule has 0 heterocycles. The van der Waals surface area contributed by atoms with Crippen LogP contribution in [0.1, 0.15) is 24.1 Å². The van der Waals surface area contributed by atoms with Crippen molar-refractivity contribution in [3.8, 4) is 0 Å². The van der Waals surface area contributed by atoms with Gasteiger partial charge in [0, 0.05) is 14.1 Å². The molecule has 0 aliphatic carbocycles. The number of nitrogens with one attached hydrogen (secondary N) is 2. The molecule has 2 aromatic rings. The normalized spacial score (nSPS) is 12.8. The fraction of sp³-hybridized carbons (Fsp3) is 0.263. The van der Waals surface area contributed by atoms with Crippen LogP contribution in [0.5, 0.6) is 0 Å². The third kappa shape index (κ3) is 5.04. The van der Waals surface area contributed by atoms with Gasteiger partial charge in [0.1, 0.15) is 11.9 Å². The van der Waals surface area contributed by atoms with Gasteiger partial charge in [-0.3, -0.25) is 4.79 Å². The number of likely N-dealkylation sites (N-methyl/N-ethyl adjacent to an activating group) is 1. The summed E-state index contributed by atoms with van der Waals surface area (Å²) in [7, 11) is 3.25. The Morgan fingerprint density at radius 3 is 2.20 bits per heavy atom. The molecule has 0 aliphatic heterocycles. The Morgan fingerprint density at radius 2 is 1.60 bits per heavy atom. The van der Waals surface area contributed by atoms with Crippen LogP contribution >= 0.6 is 0 Å². The molecular formula is C19H22FN3O2. The van der Waals surface area contributed by atoms with Gasteiger partial charge in [0.25, 0.3) is 0 Å². The molecule has 25 heavy (non-hydrogen) atoms. The molecule has 0 fully saturated rings. The van der Waals surface area contributed by atoms with E-state index in [1.165, 1.54) is 17.0 Å². The largest absolute Gasteiger partial charge is 0.347 e. The summed E-state index contributed by atoms with van der Waals surface area (Å²) in [4.78, 5) is 25.6. The van der Waals surface area contributed by atoms with Gasteiger partial charge in [-0.25, -0.2) is 9.18 Å². The molecule has 0 saturated heterocycles. The molecule has 3 amide bonds. The van der Waals surface area contributed by atoms with E-state index in [2.05, 4.69) is 10.6 Å². The van der Waals surface area contributed by atoms with Crippen LogP contribution < -0.4 is 10.6 Å². The van der Waals surface area contributed by atoms with Gasteiger partial charge in [-0.15, -0.1) is 0 Å². The average Bonchev–Trinajstić information content (AvgIpc) is 2.59. The van der Waals surface area contributed by atoms with Gasteiger partial charge in [-0.2, -0.15) is 0 Å². The van der Waals surface area contributed by atoms with Crippen LogP contribution in [0.3, 0.4) is 0 Å². The molecule has 2 N–H and O–H groups in total. The van der Waals surface area contributed by atoms with Crippen LogP contribution in [0.15, 0.2) is 54.6 Å². The van der Waals surface area contributed by atoms with E-state index in [0.717, 1.165) is 5.56 Å². The SMILES string of the molecule is C[C@@H](NC(=O)N[C@@H](c1ccccc1)c1cccc(F)c1)C(=O)N(C)C.